The molecule has 1 aliphatic rings. The first kappa shape index (κ1) is 13.5. The van der Waals surface area contributed by atoms with Crippen molar-refractivity contribution in [3.05, 3.63) is 0 Å². The molecule has 1 rings (SSSR count). The molecule has 0 aliphatic heterocycles. The Labute approximate surface area is 99.7 Å². The van der Waals surface area contributed by atoms with Crippen LogP contribution in [0.2, 0.25) is 0 Å². The number of ether oxygens (including phenoxy) is 1. The Morgan fingerprint density at radius 1 is 1.44 bits per heavy atom. The second kappa shape index (κ2) is 5.17. The number of nitrogens with zero attached hydrogens (tertiary/aromatic N) is 1. The highest BCUT2D eigenvalue weighted by atomic mass is 16.5. The maximum atomic E-state index is 8.30. The second-order valence-electron chi connectivity index (χ2n) is 5.86. The molecule has 0 aromatic rings. The van der Waals surface area contributed by atoms with E-state index in [-0.39, 0.29) is 5.41 Å². The lowest BCUT2D eigenvalue weighted by Crippen LogP contribution is -2.46. The first-order valence-electron chi connectivity index (χ1n) is 6.22. The van der Waals surface area contributed by atoms with Crippen molar-refractivity contribution in [1.82, 2.24) is 4.90 Å². The van der Waals surface area contributed by atoms with Crippen molar-refractivity contribution >= 4 is 5.84 Å². The normalized spacial score (nSPS) is 18.3. The van der Waals surface area contributed by atoms with E-state index in [1.54, 1.807) is 7.11 Å². The van der Waals surface area contributed by atoms with Crippen molar-refractivity contribution < 1.29 is 4.74 Å². The standard InChI is InChI=1S/C13H26N2O/c1-10(11-6-7-11)15(8-9-16-5)12(14)13(2,3)4/h10-11,14H,6-9H2,1-5H3. The summed E-state index contributed by atoms with van der Waals surface area (Å²) in [4.78, 5) is 2.22. The van der Waals surface area contributed by atoms with Gasteiger partial charge < -0.3 is 9.64 Å². The van der Waals surface area contributed by atoms with Gasteiger partial charge in [-0.15, -0.1) is 0 Å². The Kier molecular flexibility index (Phi) is 4.36. The zero-order valence-electron chi connectivity index (χ0n) is 11.3. The molecule has 94 valence electrons. The van der Waals surface area contributed by atoms with Gasteiger partial charge in [0.05, 0.1) is 6.61 Å². The van der Waals surface area contributed by atoms with E-state index in [1.807, 2.05) is 0 Å². The SMILES string of the molecule is COCCN(C(=N)C(C)(C)C)C(C)C1CC1. The molecule has 16 heavy (non-hydrogen) atoms. The molecule has 0 radical (unpaired) electrons. The minimum Gasteiger partial charge on any atom is -0.383 e. The smallest absolute Gasteiger partial charge is 0.102 e. The van der Waals surface area contributed by atoms with Crippen LogP contribution in [-0.2, 0) is 4.74 Å². The Morgan fingerprint density at radius 3 is 2.38 bits per heavy atom. The zero-order valence-corrected chi connectivity index (χ0v) is 11.3. The van der Waals surface area contributed by atoms with Crippen molar-refractivity contribution in [3.63, 3.8) is 0 Å². The maximum absolute atomic E-state index is 8.30. The Hall–Kier alpha value is -0.570. The van der Waals surface area contributed by atoms with Gasteiger partial charge in [0.15, 0.2) is 0 Å². The van der Waals surface area contributed by atoms with E-state index in [9.17, 15) is 0 Å². The monoisotopic (exact) mass is 226 g/mol. The summed E-state index contributed by atoms with van der Waals surface area (Å²) in [6.07, 6.45) is 2.64. The van der Waals surface area contributed by atoms with Crippen molar-refractivity contribution in [1.29, 1.82) is 5.41 Å². The minimum atomic E-state index is -0.0725. The third-order valence-corrected chi connectivity index (χ3v) is 3.33. The van der Waals surface area contributed by atoms with E-state index < -0.39 is 0 Å². The Morgan fingerprint density at radius 2 is 2.00 bits per heavy atom. The van der Waals surface area contributed by atoms with Crippen molar-refractivity contribution in [2.75, 3.05) is 20.3 Å². The Balaban J connectivity index is 2.65. The van der Waals surface area contributed by atoms with E-state index >= 15 is 0 Å². The molecule has 1 atom stereocenters. The van der Waals surface area contributed by atoms with E-state index in [0.29, 0.717) is 12.6 Å². The van der Waals surface area contributed by atoms with E-state index in [0.717, 1.165) is 18.3 Å². The average Bonchev–Trinajstić information content (AvgIpc) is 2.99. The summed E-state index contributed by atoms with van der Waals surface area (Å²) in [6, 6.07) is 0.488. The summed E-state index contributed by atoms with van der Waals surface area (Å²) in [5.41, 5.74) is -0.0725. The van der Waals surface area contributed by atoms with Crippen LogP contribution in [-0.4, -0.2) is 37.0 Å². The minimum absolute atomic E-state index is 0.0725. The van der Waals surface area contributed by atoms with Gasteiger partial charge in [-0.25, -0.2) is 0 Å². The van der Waals surface area contributed by atoms with Crippen molar-refractivity contribution in [3.8, 4) is 0 Å². The molecule has 0 amide bonds. The third-order valence-electron chi connectivity index (χ3n) is 3.33. The van der Waals surface area contributed by atoms with Crippen LogP contribution >= 0.6 is 0 Å². The predicted octanol–water partition coefficient (Wildman–Crippen LogP) is 2.76. The molecule has 0 saturated heterocycles. The largest absolute Gasteiger partial charge is 0.383 e. The van der Waals surface area contributed by atoms with E-state index in [1.165, 1.54) is 12.8 Å². The van der Waals surface area contributed by atoms with E-state index in [4.69, 9.17) is 10.1 Å². The molecular formula is C13H26N2O. The molecule has 0 aromatic heterocycles. The van der Waals surface area contributed by atoms with Gasteiger partial charge in [-0.2, -0.15) is 0 Å². The summed E-state index contributed by atoms with van der Waals surface area (Å²) in [5.74, 6) is 1.53. The molecule has 0 bridgehead atoms. The summed E-state index contributed by atoms with van der Waals surface area (Å²) in [5, 5.41) is 8.30. The fourth-order valence-corrected chi connectivity index (χ4v) is 1.97. The number of methoxy groups -OCH3 is 1. The summed E-state index contributed by atoms with van der Waals surface area (Å²) in [7, 11) is 1.72. The van der Waals surface area contributed by atoms with Crippen LogP contribution in [0.25, 0.3) is 0 Å². The first-order valence-corrected chi connectivity index (χ1v) is 6.22. The number of hydrogen-bond donors (Lipinski definition) is 1. The Bertz CT molecular complexity index is 241. The van der Waals surface area contributed by atoms with Crippen LogP contribution < -0.4 is 0 Å². The molecule has 1 unspecified atom stereocenters. The number of amidine groups is 1. The lowest BCUT2D eigenvalue weighted by Gasteiger charge is -2.37. The lowest BCUT2D eigenvalue weighted by atomic mass is 9.93. The third kappa shape index (κ3) is 3.48. The second-order valence-corrected chi connectivity index (χ2v) is 5.86. The molecule has 1 aliphatic carbocycles. The zero-order chi connectivity index (χ0) is 12.3. The molecule has 0 aromatic carbocycles. The van der Waals surface area contributed by atoms with Gasteiger partial charge in [0, 0.05) is 25.1 Å². The topological polar surface area (TPSA) is 36.3 Å². The van der Waals surface area contributed by atoms with Gasteiger partial charge in [-0.1, -0.05) is 20.8 Å². The first-order chi connectivity index (χ1) is 7.38. The molecule has 1 fully saturated rings. The van der Waals surface area contributed by atoms with Crippen LogP contribution in [0, 0.1) is 16.7 Å². The summed E-state index contributed by atoms with van der Waals surface area (Å²) in [6.45, 7) is 10.1. The quantitative estimate of drug-likeness (QED) is 0.578. The van der Waals surface area contributed by atoms with Gasteiger partial charge in [0.2, 0.25) is 0 Å². The summed E-state index contributed by atoms with van der Waals surface area (Å²) >= 11 is 0. The van der Waals surface area contributed by atoms with Crippen LogP contribution in [0.1, 0.15) is 40.5 Å². The van der Waals surface area contributed by atoms with Gasteiger partial charge in [-0.05, 0) is 25.7 Å². The van der Waals surface area contributed by atoms with Crippen molar-refractivity contribution in [2.45, 2.75) is 46.6 Å². The van der Waals surface area contributed by atoms with Gasteiger partial charge in [-0.3, -0.25) is 5.41 Å². The highest BCUT2D eigenvalue weighted by molar-refractivity contribution is 5.84. The van der Waals surface area contributed by atoms with Crippen LogP contribution in [0.3, 0.4) is 0 Å². The van der Waals surface area contributed by atoms with Crippen molar-refractivity contribution in [2.24, 2.45) is 11.3 Å². The molecular weight excluding hydrogens is 200 g/mol. The highest BCUT2D eigenvalue weighted by Crippen LogP contribution is 2.36. The van der Waals surface area contributed by atoms with E-state index in [2.05, 4.69) is 32.6 Å². The molecule has 0 heterocycles. The van der Waals surface area contributed by atoms with Gasteiger partial charge >= 0.3 is 0 Å². The predicted molar refractivity (Wildman–Crippen MR) is 67.9 cm³/mol. The average molecular weight is 226 g/mol. The van der Waals surface area contributed by atoms with Gasteiger partial charge in [0.1, 0.15) is 5.84 Å². The fourth-order valence-electron chi connectivity index (χ4n) is 1.97. The van der Waals surface area contributed by atoms with Crippen LogP contribution in [0.5, 0.6) is 0 Å². The maximum Gasteiger partial charge on any atom is 0.102 e. The van der Waals surface area contributed by atoms with Gasteiger partial charge in [0.25, 0.3) is 0 Å². The highest BCUT2D eigenvalue weighted by Gasteiger charge is 2.35. The number of hydrogen-bond acceptors (Lipinski definition) is 2. The molecule has 3 nitrogen and oxygen atoms in total. The number of rotatable bonds is 5. The van der Waals surface area contributed by atoms with Crippen LogP contribution in [0.4, 0.5) is 0 Å². The molecule has 1 saturated carbocycles. The van der Waals surface area contributed by atoms with Crippen LogP contribution in [0.15, 0.2) is 0 Å². The fraction of sp³-hybridized carbons (Fsp3) is 0.923. The molecule has 3 heteroatoms. The molecule has 0 spiro atoms. The summed E-state index contributed by atoms with van der Waals surface area (Å²) < 4.78 is 5.15. The lowest BCUT2D eigenvalue weighted by molar-refractivity contribution is 0.153. The number of nitrogens with one attached hydrogen (secondary N) is 1. The molecule has 1 N–H and O–H groups in total.